The van der Waals surface area contributed by atoms with Gasteiger partial charge < -0.3 is 27.9 Å². The predicted molar refractivity (Wildman–Crippen MR) is 231 cm³/mol. The molecule has 0 aromatic carbocycles. The minimum atomic E-state index is -4.53. The standard InChI is InChI=1S/C46H88NO7P/c1-6-8-10-12-14-16-18-20-22-23-24-25-26-27-29-31-33-35-37-39-46(48)54-45(44-53-55(49,50)52-42-40-47(3,4)5)43-51-41-38-36-34-32-30-28-21-19-17-15-13-11-9-7-2/h14,16,20,22,24-25,45H,6-13,15,17-19,21,23,26-44H2,1-5H3/b16-14-,22-20-,25-24-. The first kappa shape index (κ1) is 53.7. The summed E-state index contributed by atoms with van der Waals surface area (Å²) in [6.07, 6.45) is 45.7. The number of hydrogen-bond acceptors (Lipinski definition) is 7. The molecule has 0 aliphatic heterocycles. The van der Waals surface area contributed by atoms with Crippen LogP contribution in [-0.4, -0.2) is 70.7 Å². The normalized spacial score (nSPS) is 14.1. The lowest BCUT2D eigenvalue weighted by atomic mass is 10.0. The van der Waals surface area contributed by atoms with Gasteiger partial charge in [-0.2, -0.15) is 0 Å². The first-order valence-electron chi connectivity index (χ1n) is 22.7. The molecular formula is C46H88NO7P. The third-order valence-corrected chi connectivity index (χ3v) is 10.7. The zero-order valence-electron chi connectivity index (χ0n) is 36.6. The topological polar surface area (TPSA) is 94.1 Å². The fourth-order valence-corrected chi connectivity index (χ4v) is 6.87. The number of likely N-dealkylation sites (N-methyl/N-ethyl adjacent to an activating group) is 1. The van der Waals surface area contributed by atoms with Crippen LogP contribution in [-0.2, 0) is 27.9 Å². The Morgan fingerprint density at radius 2 is 1.00 bits per heavy atom. The molecule has 0 radical (unpaired) electrons. The average Bonchev–Trinajstić information content (AvgIpc) is 3.13. The number of carbonyl (C=O) groups is 1. The second-order valence-corrected chi connectivity index (χ2v) is 17.8. The maximum Gasteiger partial charge on any atom is 0.306 e. The summed E-state index contributed by atoms with van der Waals surface area (Å²) in [4.78, 5) is 25.1. The molecule has 324 valence electrons. The zero-order valence-corrected chi connectivity index (χ0v) is 37.5. The van der Waals surface area contributed by atoms with Gasteiger partial charge in [-0.15, -0.1) is 0 Å². The number of hydrogen-bond donors (Lipinski definition) is 0. The van der Waals surface area contributed by atoms with Crippen LogP contribution in [0.25, 0.3) is 0 Å². The van der Waals surface area contributed by atoms with Crippen LogP contribution >= 0.6 is 7.82 Å². The molecule has 0 rings (SSSR count). The molecule has 0 fully saturated rings. The summed E-state index contributed by atoms with van der Waals surface area (Å²) < 4.78 is 34.6. The van der Waals surface area contributed by atoms with E-state index in [1.807, 2.05) is 21.1 Å². The van der Waals surface area contributed by atoms with Gasteiger partial charge in [0.1, 0.15) is 19.3 Å². The Bertz CT molecular complexity index is 978. The molecule has 2 atom stereocenters. The molecule has 0 aliphatic carbocycles. The van der Waals surface area contributed by atoms with Crippen molar-refractivity contribution in [3.63, 3.8) is 0 Å². The maximum absolute atomic E-state index is 12.7. The van der Waals surface area contributed by atoms with Crippen LogP contribution in [0.4, 0.5) is 0 Å². The predicted octanol–water partition coefficient (Wildman–Crippen LogP) is 12.8. The zero-order chi connectivity index (χ0) is 40.6. The molecule has 0 aromatic rings. The van der Waals surface area contributed by atoms with Crippen molar-refractivity contribution in [2.45, 2.75) is 200 Å². The van der Waals surface area contributed by atoms with Crippen LogP contribution in [0.1, 0.15) is 194 Å². The number of phosphoric acid groups is 1. The molecule has 0 aromatic heterocycles. The van der Waals surface area contributed by atoms with Crippen molar-refractivity contribution in [3.8, 4) is 0 Å². The highest BCUT2D eigenvalue weighted by Crippen LogP contribution is 2.38. The van der Waals surface area contributed by atoms with Crippen molar-refractivity contribution in [3.05, 3.63) is 36.5 Å². The first-order valence-corrected chi connectivity index (χ1v) is 24.2. The second-order valence-electron chi connectivity index (χ2n) is 16.4. The van der Waals surface area contributed by atoms with E-state index in [4.69, 9.17) is 18.5 Å². The van der Waals surface area contributed by atoms with Crippen LogP contribution in [0.5, 0.6) is 0 Å². The summed E-state index contributed by atoms with van der Waals surface area (Å²) in [5.41, 5.74) is 0. The molecule has 0 amide bonds. The monoisotopic (exact) mass is 798 g/mol. The smallest absolute Gasteiger partial charge is 0.306 e. The largest absolute Gasteiger partial charge is 0.756 e. The van der Waals surface area contributed by atoms with Crippen LogP contribution in [0, 0.1) is 0 Å². The first-order chi connectivity index (χ1) is 26.6. The van der Waals surface area contributed by atoms with Crippen LogP contribution in [0.15, 0.2) is 36.5 Å². The molecule has 8 nitrogen and oxygen atoms in total. The van der Waals surface area contributed by atoms with Crippen molar-refractivity contribution in [2.75, 3.05) is 54.1 Å². The summed E-state index contributed by atoms with van der Waals surface area (Å²) in [5.74, 6) is -0.345. The number of phosphoric ester groups is 1. The molecule has 9 heteroatoms. The maximum atomic E-state index is 12.7. The second kappa shape index (κ2) is 39.5. The van der Waals surface area contributed by atoms with Gasteiger partial charge in [0, 0.05) is 13.0 Å². The van der Waals surface area contributed by atoms with Crippen LogP contribution < -0.4 is 4.89 Å². The van der Waals surface area contributed by atoms with Gasteiger partial charge >= 0.3 is 5.97 Å². The lowest BCUT2D eigenvalue weighted by molar-refractivity contribution is -0.870. The SMILES string of the molecule is CCCCC/C=C\C/C=C\C/C=C\CCCCCCCCC(=O)OC(COCCCCCCCCCCCCCCCC)COP(=O)([O-])OCC[N+](C)(C)C. The molecule has 0 heterocycles. The Hall–Kier alpha value is -1.28. The van der Waals surface area contributed by atoms with E-state index in [2.05, 4.69) is 50.3 Å². The molecule has 55 heavy (non-hydrogen) atoms. The fraction of sp³-hybridized carbons (Fsp3) is 0.848. The average molecular weight is 798 g/mol. The van der Waals surface area contributed by atoms with Crippen molar-refractivity contribution in [2.24, 2.45) is 0 Å². The number of ether oxygens (including phenoxy) is 2. The van der Waals surface area contributed by atoms with Gasteiger partial charge in [-0.3, -0.25) is 9.36 Å². The van der Waals surface area contributed by atoms with E-state index in [9.17, 15) is 14.3 Å². The Morgan fingerprint density at radius 1 is 0.564 bits per heavy atom. The highest BCUT2D eigenvalue weighted by atomic mass is 31.2. The number of quaternary nitrogens is 1. The minimum Gasteiger partial charge on any atom is -0.756 e. The number of esters is 1. The summed E-state index contributed by atoms with van der Waals surface area (Å²) in [5, 5.41) is 0. The highest BCUT2D eigenvalue weighted by Gasteiger charge is 2.20. The van der Waals surface area contributed by atoms with Gasteiger partial charge in [-0.05, 0) is 51.4 Å². The molecule has 0 N–H and O–H groups in total. The molecule has 0 spiro atoms. The Kier molecular flexibility index (Phi) is 38.6. The minimum absolute atomic E-state index is 0.0240. The lowest BCUT2D eigenvalue weighted by Gasteiger charge is -2.28. The van der Waals surface area contributed by atoms with Crippen molar-refractivity contribution < 1.29 is 37.3 Å². The van der Waals surface area contributed by atoms with Gasteiger partial charge in [0.2, 0.25) is 0 Å². The summed E-state index contributed by atoms with van der Waals surface area (Å²) in [6.45, 7) is 5.39. The van der Waals surface area contributed by atoms with Crippen molar-refractivity contribution in [1.29, 1.82) is 0 Å². The van der Waals surface area contributed by atoms with Crippen molar-refractivity contribution >= 4 is 13.8 Å². The van der Waals surface area contributed by atoms with Gasteiger partial charge in [-0.25, -0.2) is 0 Å². The van der Waals surface area contributed by atoms with E-state index < -0.39 is 13.9 Å². The summed E-state index contributed by atoms with van der Waals surface area (Å²) in [6, 6.07) is 0. The number of carbonyl (C=O) groups excluding carboxylic acids is 1. The fourth-order valence-electron chi connectivity index (χ4n) is 6.14. The molecule has 0 aliphatic rings. The van der Waals surface area contributed by atoms with Crippen LogP contribution in [0.2, 0.25) is 0 Å². The molecule has 0 saturated carbocycles. The Balaban J connectivity index is 4.23. The van der Waals surface area contributed by atoms with Gasteiger partial charge in [-0.1, -0.05) is 172 Å². The molecule has 0 bridgehead atoms. The molecule has 0 saturated heterocycles. The van der Waals surface area contributed by atoms with Gasteiger partial charge in [0.25, 0.3) is 7.82 Å². The Labute approximate surface area is 340 Å². The number of unbranched alkanes of at least 4 members (excludes halogenated alkanes) is 22. The molecular weight excluding hydrogens is 709 g/mol. The van der Waals surface area contributed by atoms with Crippen molar-refractivity contribution in [1.82, 2.24) is 0 Å². The number of rotatable bonds is 42. The third kappa shape index (κ3) is 43.7. The summed E-state index contributed by atoms with van der Waals surface area (Å²) >= 11 is 0. The summed E-state index contributed by atoms with van der Waals surface area (Å²) in [7, 11) is 1.35. The van der Waals surface area contributed by atoms with E-state index in [0.29, 0.717) is 24.1 Å². The number of allylic oxidation sites excluding steroid dienone is 6. The van der Waals surface area contributed by atoms with Gasteiger partial charge in [0.05, 0.1) is 34.4 Å². The van der Waals surface area contributed by atoms with E-state index in [0.717, 1.165) is 57.8 Å². The van der Waals surface area contributed by atoms with E-state index >= 15 is 0 Å². The van der Waals surface area contributed by atoms with Gasteiger partial charge in [0.15, 0.2) is 0 Å². The lowest BCUT2D eigenvalue weighted by Crippen LogP contribution is -2.37. The number of nitrogens with zero attached hydrogens (tertiary/aromatic N) is 1. The third-order valence-electron chi connectivity index (χ3n) is 9.69. The Morgan fingerprint density at radius 3 is 1.53 bits per heavy atom. The van der Waals surface area contributed by atoms with E-state index in [1.165, 1.54) is 116 Å². The van der Waals surface area contributed by atoms with E-state index in [-0.39, 0.29) is 25.8 Å². The highest BCUT2D eigenvalue weighted by molar-refractivity contribution is 7.45. The van der Waals surface area contributed by atoms with E-state index in [1.54, 1.807) is 0 Å². The van der Waals surface area contributed by atoms with Crippen LogP contribution in [0.3, 0.4) is 0 Å². The molecule has 2 unspecified atom stereocenters. The quantitative estimate of drug-likeness (QED) is 0.0200.